The molecule has 22 aliphatic heterocycles. The Morgan fingerprint density at radius 2 is 0.283 bits per heavy atom. The summed E-state index contributed by atoms with van der Waals surface area (Å²) in [5.74, 6) is 0. The molecule has 22 aliphatic rings. The second kappa shape index (κ2) is 16.8. The summed E-state index contributed by atoms with van der Waals surface area (Å²) < 4.78 is 13.5. The minimum atomic E-state index is 0.832. The zero-order chi connectivity index (χ0) is 40.1. The maximum Gasteiger partial charge on any atom is 0.173 e. The molecule has 0 unspecified atom stereocenters. The third-order valence-electron chi connectivity index (χ3n) is 11.6. The van der Waals surface area contributed by atoms with E-state index in [4.69, 9.17) is 0 Å². The second-order valence-corrected chi connectivity index (χ2v) is 16.0. The Balaban J connectivity index is 0.873. The van der Waals surface area contributed by atoms with Gasteiger partial charge in [0.15, 0.2) is 114 Å². The highest BCUT2D eigenvalue weighted by Gasteiger charge is 2.13. The Morgan fingerprint density at radius 3 is 0.400 bits per heavy atom. The Kier molecular flexibility index (Phi) is 10.3. The van der Waals surface area contributed by atoms with E-state index in [9.17, 15) is 0 Å². The first kappa shape index (κ1) is 36.9. The second-order valence-electron chi connectivity index (χ2n) is 16.0. The van der Waals surface area contributed by atoms with E-state index in [1.54, 1.807) is 0 Å². The molecule has 6 nitrogen and oxygen atoms in total. The minimum Gasteiger partial charge on any atom is -0.201 e. The van der Waals surface area contributed by atoms with E-state index < -0.39 is 0 Å². The molecule has 0 aliphatic carbocycles. The van der Waals surface area contributed by atoms with Crippen molar-refractivity contribution in [2.45, 2.75) is 39.3 Å². The van der Waals surface area contributed by atoms with Crippen molar-refractivity contribution in [3.63, 3.8) is 0 Å². The molecule has 6 aromatic heterocycles. The van der Waals surface area contributed by atoms with Gasteiger partial charge in [0.25, 0.3) is 0 Å². The molecule has 28 heterocycles. The highest BCUT2D eigenvalue weighted by molar-refractivity contribution is 5.62. The summed E-state index contributed by atoms with van der Waals surface area (Å²) in [7, 11) is 0. The fourth-order valence-electron chi connectivity index (χ4n) is 8.05. The van der Waals surface area contributed by atoms with Crippen molar-refractivity contribution in [1.82, 2.24) is 0 Å². The van der Waals surface area contributed by atoms with Gasteiger partial charge >= 0.3 is 0 Å². The van der Waals surface area contributed by atoms with Gasteiger partial charge in [0.05, 0.1) is 0 Å². The van der Waals surface area contributed by atoms with Crippen LogP contribution in [-0.2, 0) is 39.3 Å². The topological polar surface area (TPSA) is 23.3 Å². The molecule has 0 atom stereocenters. The van der Waals surface area contributed by atoms with Crippen molar-refractivity contribution in [2.75, 3.05) is 0 Å². The molecule has 0 spiro atoms. The molecule has 0 fully saturated rings. The van der Waals surface area contributed by atoms with Gasteiger partial charge in [-0.05, 0) is 33.4 Å². The van der Waals surface area contributed by atoms with Crippen LogP contribution in [0.3, 0.4) is 0 Å². The maximum absolute atomic E-state index is 2.25. The van der Waals surface area contributed by atoms with Gasteiger partial charge in [-0.25, -0.2) is 27.4 Å². The molecule has 31 rings (SSSR count). The van der Waals surface area contributed by atoms with Gasteiger partial charge in [0.2, 0.25) is 0 Å². The van der Waals surface area contributed by atoms with Crippen molar-refractivity contribution in [1.29, 1.82) is 0 Å². The number of aromatic nitrogens is 6. The molecule has 0 saturated heterocycles. The number of benzene rings is 3. The zero-order valence-electron chi connectivity index (χ0n) is 33.7. The molecule has 9 aromatic rings. The van der Waals surface area contributed by atoms with Crippen LogP contribution in [0.4, 0.5) is 0 Å². The Labute approximate surface area is 352 Å². The zero-order valence-corrected chi connectivity index (χ0v) is 33.7. The van der Waals surface area contributed by atoms with Crippen molar-refractivity contribution in [3.05, 3.63) is 253 Å². The van der Waals surface area contributed by atoms with E-state index in [1.165, 1.54) is 66.8 Å². The summed E-state index contributed by atoms with van der Waals surface area (Å²) in [6.45, 7) is 4.99. The summed E-state index contributed by atoms with van der Waals surface area (Å²) in [6.07, 6.45) is 26.1. The lowest BCUT2D eigenvalue weighted by atomic mass is 10.1. The molecular weight excluding hydrogens is 733 g/mol. The van der Waals surface area contributed by atoms with Gasteiger partial charge in [-0.1, -0.05) is 72.8 Å². The fourth-order valence-corrected chi connectivity index (χ4v) is 8.05. The van der Waals surface area contributed by atoms with E-state index in [-0.39, 0.29) is 0 Å². The first-order valence-corrected chi connectivity index (χ1v) is 20.8. The van der Waals surface area contributed by atoms with Gasteiger partial charge in [0.1, 0.15) is 0 Å². The molecule has 0 amide bonds. The fraction of sp³-hybridized carbons (Fsp3) is 0.111. The normalized spacial score (nSPS) is 12.6. The van der Waals surface area contributed by atoms with Gasteiger partial charge in [-0.2, -0.15) is 0 Å². The number of hydrogen-bond acceptors (Lipinski definition) is 0. The van der Waals surface area contributed by atoms with Crippen LogP contribution in [0.25, 0.3) is 33.4 Å². The van der Waals surface area contributed by atoms with Crippen LogP contribution < -0.4 is 27.4 Å². The van der Waals surface area contributed by atoms with Gasteiger partial charge in [-0.15, -0.1) is 0 Å². The van der Waals surface area contributed by atoms with Crippen molar-refractivity contribution in [2.24, 2.45) is 0 Å². The third-order valence-corrected chi connectivity index (χ3v) is 11.6. The number of rotatable bonds is 0. The van der Waals surface area contributed by atoms with Crippen LogP contribution >= 0.6 is 0 Å². The number of hydrogen-bond donors (Lipinski definition) is 0. The summed E-state index contributed by atoms with van der Waals surface area (Å²) in [5, 5.41) is 0. The summed E-state index contributed by atoms with van der Waals surface area (Å²) in [4.78, 5) is 0. The lowest BCUT2D eigenvalue weighted by Crippen LogP contribution is -2.34. The standard InChI is InChI=1S/C54H48N6/c1-2-44-4-3-43(1)37-55-25-13-49(14-26-55)51-17-29-57(30-18-51)39-45-5-7-47(8-6-45)41-59-33-21-53(22-34-59)54-23-35-60(36-24-54)42-48-11-9-46(10-12-48)40-58-31-19-52(20-32-58)50-15-27-56(38-44)28-16-50/h1-36H,37-42H2/q+6. The minimum absolute atomic E-state index is 0.832. The average molecular weight is 781 g/mol. The SMILES string of the molecule is c1cc2ccc1C[n+]1ccc(cc1)-c1cc[n+](cc1)Cc1ccc(cc1)C[n+]1ccc(cc1)-c1cc[n+](cc1)Cc1ccc(cc1)C[n+]1ccc(cc1)-c1cc[n+](cc1)C2. The van der Waals surface area contributed by atoms with E-state index in [0.717, 1.165) is 39.3 Å². The van der Waals surface area contributed by atoms with Crippen LogP contribution in [-0.4, -0.2) is 0 Å². The van der Waals surface area contributed by atoms with E-state index in [2.05, 4.69) is 247 Å². The lowest BCUT2D eigenvalue weighted by molar-refractivity contribution is -0.689. The van der Waals surface area contributed by atoms with Crippen molar-refractivity contribution in [3.8, 4) is 33.4 Å². The highest BCUT2D eigenvalue weighted by Crippen LogP contribution is 2.19. The quantitative estimate of drug-likeness (QED) is 0.148. The van der Waals surface area contributed by atoms with Crippen LogP contribution in [0.1, 0.15) is 33.4 Å². The predicted molar refractivity (Wildman–Crippen MR) is 231 cm³/mol. The van der Waals surface area contributed by atoms with Crippen LogP contribution in [0.15, 0.2) is 220 Å². The Morgan fingerprint density at radius 1 is 0.167 bits per heavy atom. The summed E-state index contributed by atoms with van der Waals surface area (Å²) in [6, 6.07) is 53.5. The smallest absolute Gasteiger partial charge is 0.173 e. The number of pyridine rings is 6. The van der Waals surface area contributed by atoms with E-state index in [1.807, 2.05) is 0 Å². The third kappa shape index (κ3) is 8.83. The summed E-state index contributed by atoms with van der Waals surface area (Å²) in [5.41, 5.74) is 15.0. The van der Waals surface area contributed by atoms with Gasteiger partial charge < -0.3 is 0 Å². The molecule has 6 heteroatoms. The Hall–Kier alpha value is -7.44. The lowest BCUT2D eigenvalue weighted by Gasteiger charge is -2.05. The van der Waals surface area contributed by atoms with Crippen molar-refractivity contribution >= 4 is 0 Å². The molecule has 60 heavy (non-hydrogen) atoms. The first-order chi connectivity index (χ1) is 29.6. The average Bonchev–Trinajstić information content (AvgIpc) is 3.30. The number of nitrogens with zero attached hydrogens (tertiary/aromatic N) is 6. The van der Waals surface area contributed by atoms with Crippen LogP contribution in [0.5, 0.6) is 0 Å². The molecule has 0 N–H and O–H groups in total. The molecule has 0 radical (unpaired) electrons. The molecular formula is C54H48N6+6. The molecule has 0 saturated carbocycles. The largest absolute Gasteiger partial charge is 0.201 e. The van der Waals surface area contributed by atoms with E-state index in [0.29, 0.717) is 0 Å². The van der Waals surface area contributed by atoms with Gasteiger partial charge in [0, 0.05) is 106 Å². The monoisotopic (exact) mass is 780 g/mol. The van der Waals surface area contributed by atoms with Gasteiger partial charge in [-0.3, -0.25) is 0 Å². The highest BCUT2D eigenvalue weighted by atomic mass is 15.0. The predicted octanol–water partition coefficient (Wildman–Crippen LogP) is 7.02. The maximum atomic E-state index is 2.25. The molecule has 3 aromatic carbocycles. The molecule has 288 valence electrons. The first-order valence-electron chi connectivity index (χ1n) is 20.8. The Bertz CT molecular complexity index is 2300. The van der Waals surface area contributed by atoms with Crippen molar-refractivity contribution < 1.29 is 27.4 Å². The van der Waals surface area contributed by atoms with Crippen LogP contribution in [0.2, 0.25) is 0 Å². The van der Waals surface area contributed by atoms with E-state index >= 15 is 0 Å². The summed E-state index contributed by atoms with van der Waals surface area (Å²) >= 11 is 0. The molecule has 18 bridgehead atoms. The van der Waals surface area contributed by atoms with Crippen LogP contribution in [0, 0.1) is 0 Å².